The van der Waals surface area contributed by atoms with Gasteiger partial charge < -0.3 is 11.1 Å². The minimum atomic E-state index is -0.159. The Morgan fingerprint density at radius 3 is 2.71 bits per heavy atom. The van der Waals surface area contributed by atoms with Gasteiger partial charge in [-0.15, -0.1) is 0 Å². The maximum Gasteiger partial charge on any atom is 0.252 e. The number of rotatable bonds is 4. The maximum absolute atomic E-state index is 12.2. The van der Waals surface area contributed by atoms with E-state index in [0.717, 1.165) is 12.0 Å². The summed E-state index contributed by atoms with van der Waals surface area (Å²) in [5.41, 5.74) is 7.58. The molecular formula is C16H16N4O. The highest BCUT2D eigenvalue weighted by molar-refractivity contribution is 5.96. The van der Waals surface area contributed by atoms with Crippen LogP contribution in [0.2, 0.25) is 0 Å². The van der Waals surface area contributed by atoms with Crippen LogP contribution in [0.1, 0.15) is 21.5 Å². The molecule has 0 saturated carbocycles. The average molecular weight is 280 g/mol. The van der Waals surface area contributed by atoms with Gasteiger partial charge in [0.25, 0.3) is 5.91 Å². The highest BCUT2D eigenvalue weighted by atomic mass is 16.1. The Kier molecular flexibility index (Phi) is 5.44. The molecule has 0 aliphatic heterocycles. The lowest BCUT2D eigenvalue weighted by Crippen LogP contribution is -2.26. The Balaban J connectivity index is 1.97. The molecule has 5 nitrogen and oxygen atoms in total. The van der Waals surface area contributed by atoms with Crippen LogP contribution in [-0.2, 0) is 6.42 Å². The predicted octanol–water partition coefficient (Wildman–Crippen LogP) is 0.759. The summed E-state index contributed by atoms with van der Waals surface area (Å²) in [6.45, 7) is 0.799. The summed E-state index contributed by atoms with van der Waals surface area (Å²) in [6.07, 6.45) is 7.37. The van der Waals surface area contributed by atoms with E-state index < -0.39 is 0 Å². The third kappa shape index (κ3) is 4.41. The molecule has 1 amide bonds. The molecular weight excluding hydrogens is 264 g/mol. The quantitative estimate of drug-likeness (QED) is 0.810. The number of nitrogens with zero attached hydrogens (tertiary/aromatic N) is 2. The Labute approximate surface area is 123 Å². The van der Waals surface area contributed by atoms with Crippen LogP contribution in [0.15, 0.2) is 43.0 Å². The highest BCUT2D eigenvalue weighted by Gasteiger charge is 2.09. The first-order valence-electron chi connectivity index (χ1n) is 6.61. The third-order valence-electron chi connectivity index (χ3n) is 2.84. The van der Waals surface area contributed by atoms with E-state index in [1.807, 2.05) is 12.1 Å². The van der Waals surface area contributed by atoms with E-state index in [1.165, 1.54) is 0 Å². The maximum atomic E-state index is 12.2. The van der Waals surface area contributed by atoms with Crippen LogP contribution in [0, 0.1) is 11.8 Å². The van der Waals surface area contributed by atoms with E-state index in [-0.39, 0.29) is 12.5 Å². The molecule has 0 unspecified atom stereocenters. The summed E-state index contributed by atoms with van der Waals surface area (Å²) < 4.78 is 0. The second-order valence-electron chi connectivity index (χ2n) is 4.29. The Bertz CT molecular complexity index is 659. The van der Waals surface area contributed by atoms with E-state index >= 15 is 0 Å². The molecule has 0 radical (unpaired) electrons. The summed E-state index contributed by atoms with van der Waals surface area (Å²) in [5, 5.41) is 2.88. The van der Waals surface area contributed by atoms with Gasteiger partial charge >= 0.3 is 0 Å². The molecule has 106 valence electrons. The van der Waals surface area contributed by atoms with Gasteiger partial charge in [0, 0.05) is 31.3 Å². The minimum absolute atomic E-state index is 0.159. The number of carbonyl (C=O) groups is 1. The number of carbonyl (C=O) groups excluding carboxylic acids is 1. The number of pyridine rings is 2. The lowest BCUT2D eigenvalue weighted by molar-refractivity contribution is 0.0954. The molecule has 21 heavy (non-hydrogen) atoms. The molecule has 0 saturated heterocycles. The van der Waals surface area contributed by atoms with Crippen molar-refractivity contribution in [1.29, 1.82) is 0 Å². The molecule has 3 N–H and O–H groups in total. The highest BCUT2D eigenvalue weighted by Crippen LogP contribution is 2.05. The molecule has 0 aliphatic rings. The molecule has 2 aromatic heterocycles. The zero-order chi connectivity index (χ0) is 14.9. The molecule has 2 rings (SSSR count). The molecule has 5 heteroatoms. The van der Waals surface area contributed by atoms with Crippen molar-refractivity contribution in [1.82, 2.24) is 15.3 Å². The Morgan fingerprint density at radius 2 is 1.95 bits per heavy atom. The van der Waals surface area contributed by atoms with Gasteiger partial charge in [-0.2, -0.15) is 0 Å². The summed E-state index contributed by atoms with van der Waals surface area (Å²) in [4.78, 5) is 20.1. The molecule has 0 fully saturated rings. The van der Waals surface area contributed by atoms with Gasteiger partial charge in [-0.3, -0.25) is 14.8 Å². The fourth-order valence-corrected chi connectivity index (χ4v) is 1.80. The SMILES string of the molecule is NCC#Cc1cnccc1C(=O)NCCc1ccncc1. The molecule has 0 bridgehead atoms. The number of amides is 1. The van der Waals surface area contributed by atoms with E-state index in [1.54, 1.807) is 30.9 Å². The van der Waals surface area contributed by atoms with Crippen molar-refractivity contribution in [2.75, 3.05) is 13.1 Å². The number of nitrogens with two attached hydrogens (primary N) is 1. The van der Waals surface area contributed by atoms with Crippen LogP contribution in [0.25, 0.3) is 0 Å². The number of aromatic nitrogens is 2. The number of hydrogen-bond donors (Lipinski definition) is 2. The van der Waals surface area contributed by atoms with Crippen LogP contribution < -0.4 is 11.1 Å². The molecule has 0 aliphatic carbocycles. The zero-order valence-corrected chi connectivity index (χ0v) is 11.5. The van der Waals surface area contributed by atoms with Crippen LogP contribution in [-0.4, -0.2) is 29.0 Å². The van der Waals surface area contributed by atoms with Crippen LogP contribution in [0.4, 0.5) is 0 Å². The third-order valence-corrected chi connectivity index (χ3v) is 2.84. The van der Waals surface area contributed by atoms with Gasteiger partial charge in [0.05, 0.1) is 17.7 Å². The second-order valence-corrected chi connectivity index (χ2v) is 4.29. The average Bonchev–Trinajstić information content (AvgIpc) is 2.54. The number of nitrogens with one attached hydrogen (secondary N) is 1. The van der Waals surface area contributed by atoms with E-state index in [0.29, 0.717) is 17.7 Å². The van der Waals surface area contributed by atoms with Gasteiger partial charge in [-0.1, -0.05) is 11.8 Å². The predicted molar refractivity (Wildman–Crippen MR) is 80.4 cm³/mol. The van der Waals surface area contributed by atoms with Crippen LogP contribution in [0.3, 0.4) is 0 Å². The van der Waals surface area contributed by atoms with Gasteiger partial charge in [0.1, 0.15) is 0 Å². The summed E-state index contributed by atoms with van der Waals surface area (Å²) in [7, 11) is 0. The first-order chi connectivity index (χ1) is 10.3. The first kappa shape index (κ1) is 14.7. The van der Waals surface area contributed by atoms with E-state index in [4.69, 9.17) is 5.73 Å². The van der Waals surface area contributed by atoms with Crippen molar-refractivity contribution < 1.29 is 4.79 Å². The standard InChI is InChI=1S/C16H16N4O/c17-7-1-2-14-12-19-10-6-15(14)16(21)20-11-5-13-3-8-18-9-4-13/h3-4,6,8-10,12H,5,7,11,17H2,(H,20,21). The fraction of sp³-hybridized carbons (Fsp3) is 0.188. The zero-order valence-electron chi connectivity index (χ0n) is 11.5. The number of hydrogen-bond acceptors (Lipinski definition) is 4. The minimum Gasteiger partial charge on any atom is -0.352 e. The van der Waals surface area contributed by atoms with Gasteiger partial charge in [-0.25, -0.2) is 0 Å². The lowest BCUT2D eigenvalue weighted by atomic mass is 10.1. The topological polar surface area (TPSA) is 80.9 Å². The van der Waals surface area contributed by atoms with Crippen molar-refractivity contribution in [3.8, 4) is 11.8 Å². The molecule has 0 spiro atoms. The molecule has 2 aromatic rings. The van der Waals surface area contributed by atoms with Crippen molar-refractivity contribution in [3.63, 3.8) is 0 Å². The largest absolute Gasteiger partial charge is 0.352 e. The second kappa shape index (κ2) is 7.78. The first-order valence-corrected chi connectivity index (χ1v) is 6.61. The summed E-state index contributed by atoms with van der Waals surface area (Å²) in [5.74, 6) is 5.43. The normalized spacial score (nSPS) is 9.57. The lowest BCUT2D eigenvalue weighted by Gasteiger charge is -2.06. The van der Waals surface area contributed by atoms with Gasteiger partial charge in [-0.05, 0) is 30.2 Å². The van der Waals surface area contributed by atoms with Crippen LogP contribution in [0.5, 0.6) is 0 Å². The van der Waals surface area contributed by atoms with Gasteiger partial charge in [0.15, 0.2) is 0 Å². The Hall–Kier alpha value is -2.71. The fourth-order valence-electron chi connectivity index (χ4n) is 1.80. The van der Waals surface area contributed by atoms with E-state index in [2.05, 4.69) is 27.1 Å². The van der Waals surface area contributed by atoms with Crippen LogP contribution >= 0.6 is 0 Å². The Morgan fingerprint density at radius 1 is 1.19 bits per heavy atom. The van der Waals surface area contributed by atoms with Crippen molar-refractivity contribution >= 4 is 5.91 Å². The summed E-state index contributed by atoms with van der Waals surface area (Å²) >= 11 is 0. The van der Waals surface area contributed by atoms with Crippen molar-refractivity contribution in [2.45, 2.75) is 6.42 Å². The smallest absolute Gasteiger partial charge is 0.252 e. The molecule has 0 atom stereocenters. The summed E-state index contributed by atoms with van der Waals surface area (Å²) in [6, 6.07) is 5.51. The molecule has 2 heterocycles. The van der Waals surface area contributed by atoms with E-state index in [9.17, 15) is 4.79 Å². The van der Waals surface area contributed by atoms with Gasteiger partial charge in [0.2, 0.25) is 0 Å². The van der Waals surface area contributed by atoms with Crippen molar-refractivity contribution in [2.24, 2.45) is 5.73 Å². The molecule has 0 aromatic carbocycles. The monoisotopic (exact) mass is 280 g/mol. The van der Waals surface area contributed by atoms with Crippen molar-refractivity contribution in [3.05, 3.63) is 59.7 Å².